The highest BCUT2D eigenvalue weighted by molar-refractivity contribution is 5.76. The van der Waals surface area contributed by atoms with E-state index in [9.17, 15) is 4.79 Å². The van der Waals surface area contributed by atoms with Gasteiger partial charge in [-0.2, -0.15) is 0 Å². The molecule has 1 aromatic heterocycles. The van der Waals surface area contributed by atoms with Crippen molar-refractivity contribution in [3.8, 4) is 0 Å². The molecule has 3 heteroatoms. The van der Waals surface area contributed by atoms with Crippen molar-refractivity contribution in [1.29, 1.82) is 0 Å². The summed E-state index contributed by atoms with van der Waals surface area (Å²) in [4.78, 5) is 15.6. The number of nitrogens with zero attached hydrogens (tertiary/aromatic N) is 1. The molecular formula is C12H19NO2. The van der Waals surface area contributed by atoms with Crippen LogP contribution in [0.1, 0.15) is 27.0 Å². The highest BCUT2D eigenvalue weighted by Crippen LogP contribution is 2.21. The first-order chi connectivity index (χ1) is 6.56. The Labute approximate surface area is 91.5 Å². The van der Waals surface area contributed by atoms with E-state index in [0.29, 0.717) is 6.42 Å². The Kier molecular flexibility index (Phi) is 4.98. The van der Waals surface area contributed by atoms with Crippen molar-refractivity contribution in [2.75, 3.05) is 7.11 Å². The van der Waals surface area contributed by atoms with Crippen LogP contribution in [0.25, 0.3) is 0 Å². The topological polar surface area (TPSA) is 39.2 Å². The molecule has 0 unspecified atom stereocenters. The van der Waals surface area contributed by atoms with E-state index in [-0.39, 0.29) is 13.4 Å². The van der Waals surface area contributed by atoms with Crippen LogP contribution in [0.3, 0.4) is 0 Å². The summed E-state index contributed by atoms with van der Waals surface area (Å²) < 4.78 is 4.72. The Balaban J connectivity index is 0.00000196. The van der Waals surface area contributed by atoms with Crippen LogP contribution in [0.4, 0.5) is 0 Å². The van der Waals surface area contributed by atoms with E-state index >= 15 is 0 Å². The van der Waals surface area contributed by atoms with Crippen molar-refractivity contribution in [1.82, 2.24) is 4.98 Å². The van der Waals surface area contributed by atoms with Crippen molar-refractivity contribution in [3.05, 3.63) is 30.1 Å². The number of hydrogen-bond donors (Lipinski definition) is 0. The molecule has 0 aliphatic heterocycles. The average Bonchev–Trinajstić information content (AvgIpc) is 2.17. The lowest BCUT2D eigenvalue weighted by molar-refractivity contribution is -0.150. The van der Waals surface area contributed by atoms with Gasteiger partial charge in [-0.05, 0) is 26.0 Å². The minimum absolute atomic E-state index is 0. The molecule has 0 fully saturated rings. The Morgan fingerprint density at radius 1 is 1.47 bits per heavy atom. The molecule has 0 amide bonds. The minimum atomic E-state index is -0.511. The standard InChI is InChI=1S/C11H15NO2.CH4/c1-11(2,10(13)14-3)8-9-6-4-5-7-12-9;/h4-7H,8H2,1-3H3;1H4. The Morgan fingerprint density at radius 2 is 2.13 bits per heavy atom. The van der Waals surface area contributed by atoms with Crippen LogP contribution < -0.4 is 0 Å². The maximum absolute atomic E-state index is 11.4. The molecule has 0 saturated carbocycles. The maximum atomic E-state index is 11.4. The van der Waals surface area contributed by atoms with Crippen LogP contribution in [0.5, 0.6) is 0 Å². The number of methoxy groups -OCH3 is 1. The molecule has 0 bridgehead atoms. The fourth-order valence-corrected chi connectivity index (χ4v) is 1.30. The van der Waals surface area contributed by atoms with E-state index in [1.165, 1.54) is 7.11 Å². The van der Waals surface area contributed by atoms with Gasteiger partial charge in [0, 0.05) is 18.3 Å². The Hall–Kier alpha value is -1.38. The van der Waals surface area contributed by atoms with Crippen LogP contribution in [0, 0.1) is 5.41 Å². The van der Waals surface area contributed by atoms with Gasteiger partial charge in [-0.1, -0.05) is 13.5 Å². The van der Waals surface area contributed by atoms with Crippen molar-refractivity contribution < 1.29 is 9.53 Å². The first-order valence-electron chi connectivity index (χ1n) is 4.54. The first kappa shape index (κ1) is 13.6. The lowest BCUT2D eigenvalue weighted by Crippen LogP contribution is -2.28. The van der Waals surface area contributed by atoms with Crippen LogP contribution in [0.15, 0.2) is 24.4 Å². The molecule has 0 aliphatic carbocycles. The number of carbonyl (C=O) groups excluding carboxylic acids is 1. The van der Waals surface area contributed by atoms with Crippen LogP contribution in [-0.4, -0.2) is 18.1 Å². The van der Waals surface area contributed by atoms with Crippen molar-refractivity contribution >= 4 is 5.97 Å². The van der Waals surface area contributed by atoms with Crippen molar-refractivity contribution in [3.63, 3.8) is 0 Å². The molecule has 1 rings (SSSR count). The molecule has 15 heavy (non-hydrogen) atoms. The largest absolute Gasteiger partial charge is 0.469 e. The number of rotatable bonds is 3. The minimum Gasteiger partial charge on any atom is -0.469 e. The summed E-state index contributed by atoms with van der Waals surface area (Å²) in [5, 5.41) is 0. The van der Waals surface area contributed by atoms with Gasteiger partial charge in [-0.25, -0.2) is 0 Å². The first-order valence-corrected chi connectivity index (χ1v) is 4.54. The molecule has 0 saturated heterocycles. The number of ether oxygens (including phenoxy) is 1. The highest BCUT2D eigenvalue weighted by atomic mass is 16.5. The highest BCUT2D eigenvalue weighted by Gasteiger charge is 2.29. The summed E-state index contributed by atoms with van der Waals surface area (Å²) in [6.45, 7) is 3.71. The molecule has 1 aromatic rings. The van der Waals surface area contributed by atoms with Gasteiger partial charge in [-0.15, -0.1) is 0 Å². The molecule has 1 heterocycles. The molecule has 0 N–H and O–H groups in total. The molecular weight excluding hydrogens is 190 g/mol. The summed E-state index contributed by atoms with van der Waals surface area (Å²) in [6.07, 6.45) is 2.32. The molecule has 0 aromatic carbocycles. The molecule has 0 aliphatic rings. The maximum Gasteiger partial charge on any atom is 0.311 e. The Bertz CT molecular complexity index is 307. The van der Waals surface area contributed by atoms with Crippen LogP contribution in [-0.2, 0) is 16.0 Å². The van der Waals surface area contributed by atoms with Gasteiger partial charge in [0.2, 0.25) is 0 Å². The zero-order chi connectivity index (χ0) is 10.6. The number of esters is 1. The third kappa shape index (κ3) is 3.70. The van der Waals surface area contributed by atoms with Crippen molar-refractivity contribution in [2.24, 2.45) is 5.41 Å². The fourth-order valence-electron chi connectivity index (χ4n) is 1.30. The van der Waals surface area contributed by atoms with Gasteiger partial charge >= 0.3 is 5.97 Å². The lowest BCUT2D eigenvalue weighted by Gasteiger charge is -2.20. The quantitative estimate of drug-likeness (QED) is 0.718. The van der Waals surface area contributed by atoms with Crippen LogP contribution in [0.2, 0.25) is 0 Å². The fraction of sp³-hybridized carbons (Fsp3) is 0.500. The third-order valence-corrected chi connectivity index (χ3v) is 2.09. The van der Waals surface area contributed by atoms with Crippen LogP contribution >= 0.6 is 0 Å². The van der Waals surface area contributed by atoms with E-state index in [1.54, 1.807) is 6.20 Å². The molecule has 0 atom stereocenters. The van der Waals surface area contributed by atoms with Gasteiger partial charge < -0.3 is 4.74 Å². The van der Waals surface area contributed by atoms with E-state index in [0.717, 1.165) is 5.69 Å². The van der Waals surface area contributed by atoms with Gasteiger partial charge in [-0.3, -0.25) is 9.78 Å². The second-order valence-corrected chi connectivity index (χ2v) is 3.87. The SMILES string of the molecule is C.COC(=O)C(C)(C)Cc1ccccn1. The van der Waals surface area contributed by atoms with Gasteiger partial charge in [0.1, 0.15) is 0 Å². The number of pyridine rings is 1. The second kappa shape index (κ2) is 5.49. The summed E-state index contributed by atoms with van der Waals surface area (Å²) in [5.74, 6) is -0.205. The van der Waals surface area contributed by atoms with Gasteiger partial charge in [0.25, 0.3) is 0 Å². The predicted octanol–water partition coefficient (Wildman–Crippen LogP) is 2.46. The lowest BCUT2D eigenvalue weighted by atomic mass is 9.88. The van der Waals surface area contributed by atoms with Gasteiger partial charge in [0.15, 0.2) is 0 Å². The summed E-state index contributed by atoms with van der Waals surface area (Å²) in [5.41, 5.74) is 0.395. The predicted molar refractivity (Wildman–Crippen MR) is 60.5 cm³/mol. The zero-order valence-electron chi connectivity index (χ0n) is 8.78. The third-order valence-electron chi connectivity index (χ3n) is 2.09. The van der Waals surface area contributed by atoms with Crippen molar-refractivity contribution in [2.45, 2.75) is 27.7 Å². The summed E-state index contributed by atoms with van der Waals surface area (Å²) >= 11 is 0. The monoisotopic (exact) mass is 209 g/mol. The Morgan fingerprint density at radius 3 is 2.60 bits per heavy atom. The van der Waals surface area contributed by atoms with Gasteiger partial charge in [0.05, 0.1) is 12.5 Å². The van der Waals surface area contributed by atoms with E-state index in [4.69, 9.17) is 4.74 Å². The number of hydrogen-bond acceptors (Lipinski definition) is 3. The molecule has 0 radical (unpaired) electrons. The average molecular weight is 209 g/mol. The molecule has 84 valence electrons. The van der Waals surface area contributed by atoms with E-state index in [1.807, 2.05) is 32.0 Å². The number of aromatic nitrogens is 1. The smallest absolute Gasteiger partial charge is 0.311 e. The molecule has 3 nitrogen and oxygen atoms in total. The second-order valence-electron chi connectivity index (χ2n) is 3.87. The molecule has 0 spiro atoms. The number of carbonyl (C=O) groups is 1. The zero-order valence-corrected chi connectivity index (χ0v) is 8.78. The summed E-state index contributed by atoms with van der Waals surface area (Å²) in [7, 11) is 1.41. The summed E-state index contributed by atoms with van der Waals surface area (Å²) in [6, 6.07) is 5.68. The van der Waals surface area contributed by atoms with E-state index in [2.05, 4.69) is 4.98 Å². The normalized spacial score (nSPS) is 10.3. The van der Waals surface area contributed by atoms with E-state index < -0.39 is 5.41 Å².